The minimum Gasteiger partial charge on any atom is -0.394 e. The standard InChI is InChI=1S/C25H43N3O4S/c1-7-10-16(6)27-23(31)21-25-15(5)12-18(33-25)19(22(30)26-11-8-2)20(25)24(32)28(21)17(13-29)14(4)9-3/h14-21,29H,7-13H2,1-6H3,(H,26,30)(H,27,31)/t14-,15?,16?,17-,18+,19-,20-,21?,25?/m0/s1. The maximum absolute atomic E-state index is 14.1. The van der Waals surface area contributed by atoms with Crippen molar-refractivity contribution in [2.75, 3.05) is 13.2 Å². The van der Waals surface area contributed by atoms with E-state index in [0.29, 0.717) is 6.54 Å². The smallest absolute Gasteiger partial charge is 0.244 e. The van der Waals surface area contributed by atoms with Crippen molar-refractivity contribution in [3.05, 3.63) is 0 Å². The molecule has 33 heavy (non-hydrogen) atoms. The SMILES string of the molecule is CCCNC(=O)[C@@H]1[C@H]2C(=O)N([C@@H](CO)[C@@H](C)CC)C(C(=O)NC(C)CCC)C23S[C@@H]1CC3C. The van der Waals surface area contributed by atoms with Crippen LogP contribution in [-0.4, -0.2) is 69.0 Å². The zero-order chi connectivity index (χ0) is 24.5. The first-order valence-corrected chi connectivity index (χ1v) is 13.8. The van der Waals surface area contributed by atoms with Gasteiger partial charge in [0, 0.05) is 17.8 Å². The third-order valence-corrected chi connectivity index (χ3v) is 10.3. The van der Waals surface area contributed by atoms with E-state index < -0.39 is 28.7 Å². The molecule has 188 valence electrons. The number of rotatable bonds is 11. The topological polar surface area (TPSA) is 98.7 Å². The summed E-state index contributed by atoms with van der Waals surface area (Å²) in [6, 6.07) is -1.10. The zero-order valence-corrected chi connectivity index (χ0v) is 21.9. The van der Waals surface area contributed by atoms with Gasteiger partial charge in [0.1, 0.15) is 6.04 Å². The fourth-order valence-corrected chi connectivity index (χ4v) is 8.83. The normalized spacial score (nSPS) is 35.3. The monoisotopic (exact) mass is 481 g/mol. The number of nitrogens with one attached hydrogen (secondary N) is 2. The molecule has 3 fully saturated rings. The summed E-state index contributed by atoms with van der Waals surface area (Å²) in [6.45, 7) is 12.7. The molecule has 3 heterocycles. The highest BCUT2D eigenvalue weighted by molar-refractivity contribution is 8.02. The lowest BCUT2D eigenvalue weighted by Gasteiger charge is -2.41. The summed E-state index contributed by atoms with van der Waals surface area (Å²) < 4.78 is -0.632. The second kappa shape index (κ2) is 10.5. The summed E-state index contributed by atoms with van der Waals surface area (Å²) in [5.41, 5.74) is 0. The van der Waals surface area contributed by atoms with Gasteiger partial charge in [0.15, 0.2) is 0 Å². The summed E-state index contributed by atoms with van der Waals surface area (Å²) in [7, 11) is 0. The average molecular weight is 482 g/mol. The molecule has 0 aromatic carbocycles. The number of hydrogen-bond donors (Lipinski definition) is 3. The van der Waals surface area contributed by atoms with Gasteiger partial charge in [0.25, 0.3) is 0 Å². The fraction of sp³-hybridized carbons (Fsp3) is 0.880. The van der Waals surface area contributed by atoms with Gasteiger partial charge in [-0.25, -0.2) is 0 Å². The minimum atomic E-state index is -0.672. The largest absolute Gasteiger partial charge is 0.394 e. The van der Waals surface area contributed by atoms with E-state index in [-0.39, 0.29) is 47.5 Å². The van der Waals surface area contributed by atoms with Crippen LogP contribution in [0.4, 0.5) is 0 Å². The molecule has 3 N–H and O–H groups in total. The number of fused-ring (bicyclic) bond motifs is 1. The predicted molar refractivity (Wildman–Crippen MR) is 132 cm³/mol. The van der Waals surface area contributed by atoms with Crippen LogP contribution in [0.1, 0.15) is 73.6 Å². The Labute approximate surface area is 203 Å². The quantitative estimate of drug-likeness (QED) is 0.421. The van der Waals surface area contributed by atoms with Gasteiger partial charge in [0.2, 0.25) is 17.7 Å². The zero-order valence-electron chi connectivity index (χ0n) is 21.1. The third kappa shape index (κ3) is 4.30. The van der Waals surface area contributed by atoms with E-state index >= 15 is 0 Å². The second-order valence-corrected chi connectivity index (χ2v) is 12.0. The molecule has 3 amide bonds. The maximum atomic E-state index is 14.1. The van der Waals surface area contributed by atoms with Crippen molar-refractivity contribution < 1.29 is 19.5 Å². The van der Waals surface area contributed by atoms with Gasteiger partial charge < -0.3 is 20.6 Å². The lowest BCUT2D eigenvalue weighted by atomic mass is 9.65. The van der Waals surface area contributed by atoms with Gasteiger partial charge in [-0.05, 0) is 38.0 Å². The molecule has 0 saturated carbocycles. The Bertz CT molecular complexity index is 749. The highest BCUT2D eigenvalue weighted by Gasteiger charge is 2.76. The lowest BCUT2D eigenvalue weighted by Crippen LogP contribution is -2.60. The van der Waals surface area contributed by atoms with Gasteiger partial charge in [-0.15, -0.1) is 11.8 Å². The van der Waals surface area contributed by atoms with Crippen LogP contribution in [0.2, 0.25) is 0 Å². The van der Waals surface area contributed by atoms with Crippen molar-refractivity contribution in [1.82, 2.24) is 15.5 Å². The van der Waals surface area contributed by atoms with Crippen LogP contribution in [0.15, 0.2) is 0 Å². The molecule has 7 nitrogen and oxygen atoms in total. The Balaban J connectivity index is 2.06. The van der Waals surface area contributed by atoms with Crippen LogP contribution < -0.4 is 10.6 Å². The summed E-state index contributed by atoms with van der Waals surface area (Å²) >= 11 is 1.69. The summed E-state index contributed by atoms with van der Waals surface area (Å²) in [5, 5.41) is 16.6. The van der Waals surface area contributed by atoms with E-state index in [2.05, 4.69) is 24.5 Å². The first-order valence-electron chi connectivity index (χ1n) is 12.9. The Morgan fingerprint density at radius 3 is 2.48 bits per heavy atom. The van der Waals surface area contributed by atoms with Crippen LogP contribution >= 0.6 is 11.8 Å². The number of aliphatic hydroxyl groups excluding tert-OH is 1. The van der Waals surface area contributed by atoms with Gasteiger partial charge in [-0.3, -0.25) is 14.4 Å². The molecule has 3 rings (SSSR count). The van der Waals surface area contributed by atoms with E-state index in [1.165, 1.54) is 0 Å². The van der Waals surface area contributed by atoms with Gasteiger partial charge in [-0.2, -0.15) is 0 Å². The molecule has 2 bridgehead atoms. The van der Waals surface area contributed by atoms with Crippen LogP contribution in [0.5, 0.6) is 0 Å². The average Bonchev–Trinajstić information content (AvgIpc) is 3.36. The molecule has 3 aliphatic rings. The predicted octanol–water partition coefficient (Wildman–Crippen LogP) is 2.56. The molecule has 3 saturated heterocycles. The van der Waals surface area contributed by atoms with Crippen molar-refractivity contribution in [3.63, 3.8) is 0 Å². The van der Waals surface area contributed by atoms with Crippen molar-refractivity contribution in [1.29, 1.82) is 0 Å². The molecule has 8 heteroatoms. The van der Waals surface area contributed by atoms with E-state index in [9.17, 15) is 19.5 Å². The summed E-state index contributed by atoms with van der Waals surface area (Å²) in [5.74, 6) is -1.10. The molecular weight excluding hydrogens is 438 g/mol. The van der Waals surface area contributed by atoms with Crippen molar-refractivity contribution in [2.45, 2.75) is 102 Å². The third-order valence-electron chi connectivity index (χ3n) is 8.24. The fourth-order valence-electron chi connectivity index (χ4n) is 6.42. The molecule has 1 spiro atoms. The van der Waals surface area contributed by atoms with Crippen molar-refractivity contribution in [2.24, 2.45) is 23.7 Å². The van der Waals surface area contributed by atoms with Gasteiger partial charge in [-0.1, -0.05) is 47.5 Å². The van der Waals surface area contributed by atoms with Crippen molar-refractivity contribution >= 4 is 29.5 Å². The first kappa shape index (κ1) is 26.3. The molecule has 0 radical (unpaired) electrons. The Hall–Kier alpha value is -1.28. The van der Waals surface area contributed by atoms with Gasteiger partial charge >= 0.3 is 0 Å². The van der Waals surface area contributed by atoms with Gasteiger partial charge in [0.05, 0.1) is 29.2 Å². The van der Waals surface area contributed by atoms with Crippen LogP contribution in [0.25, 0.3) is 0 Å². The summed E-state index contributed by atoms with van der Waals surface area (Å²) in [6.07, 6.45) is 4.28. The van der Waals surface area contributed by atoms with Crippen LogP contribution in [0.3, 0.4) is 0 Å². The number of likely N-dealkylation sites (tertiary alicyclic amines) is 1. The van der Waals surface area contributed by atoms with E-state index in [1.807, 2.05) is 27.7 Å². The lowest BCUT2D eigenvalue weighted by molar-refractivity contribution is -0.144. The number of amides is 3. The molecule has 0 aromatic rings. The summed E-state index contributed by atoms with van der Waals surface area (Å²) in [4.78, 5) is 42.8. The number of aliphatic hydroxyl groups is 1. The van der Waals surface area contributed by atoms with Crippen LogP contribution in [0, 0.1) is 23.7 Å². The molecule has 4 unspecified atom stereocenters. The van der Waals surface area contributed by atoms with E-state index in [0.717, 1.165) is 32.1 Å². The first-order chi connectivity index (χ1) is 15.7. The molecular formula is C25H43N3O4S. The molecule has 3 aliphatic heterocycles. The van der Waals surface area contributed by atoms with Crippen molar-refractivity contribution in [3.8, 4) is 0 Å². The number of nitrogens with zero attached hydrogens (tertiary/aromatic N) is 1. The maximum Gasteiger partial charge on any atom is 0.244 e. The minimum absolute atomic E-state index is 0.00800. The molecule has 9 atom stereocenters. The van der Waals surface area contributed by atoms with Crippen LogP contribution in [-0.2, 0) is 14.4 Å². The Kier molecular flexibility index (Phi) is 8.41. The number of thioether (sulfide) groups is 1. The molecule has 0 aliphatic carbocycles. The molecule has 0 aromatic heterocycles. The number of hydrogen-bond acceptors (Lipinski definition) is 5. The Morgan fingerprint density at radius 1 is 1.21 bits per heavy atom. The second-order valence-electron chi connectivity index (χ2n) is 10.4. The Morgan fingerprint density at radius 2 is 1.91 bits per heavy atom. The highest BCUT2D eigenvalue weighted by Crippen LogP contribution is 2.68. The highest BCUT2D eigenvalue weighted by atomic mass is 32.2. The number of carbonyl (C=O) groups is 3. The van der Waals surface area contributed by atoms with E-state index in [1.54, 1.807) is 16.7 Å². The van der Waals surface area contributed by atoms with E-state index in [4.69, 9.17) is 0 Å². The number of carbonyl (C=O) groups excluding carboxylic acids is 3.